The van der Waals surface area contributed by atoms with Crippen LogP contribution in [0.5, 0.6) is 0 Å². The van der Waals surface area contributed by atoms with Gasteiger partial charge in [-0.3, -0.25) is 9.58 Å². The van der Waals surface area contributed by atoms with E-state index in [1.54, 1.807) is 0 Å². The molecule has 1 unspecified atom stereocenters. The standard InChI is InChI=1S/C17H32N4/c1-4-8-15-13-20(11-7-10-18-15)14-16-9-12-21(19-16)17(5-2)6-3/h9,12,15,17-18H,4-8,10-11,13-14H2,1-3H3. The van der Waals surface area contributed by atoms with E-state index in [4.69, 9.17) is 5.10 Å². The van der Waals surface area contributed by atoms with E-state index in [2.05, 4.69) is 47.9 Å². The van der Waals surface area contributed by atoms with Crippen molar-refractivity contribution < 1.29 is 0 Å². The molecule has 0 amide bonds. The molecule has 0 saturated carbocycles. The number of aromatic nitrogens is 2. The van der Waals surface area contributed by atoms with Gasteiger partial charge in [-0.05, 0) is 44.8 Å². The molecule has 0 aliphatic carbocycles. The molecule has 1 aromatic heterocycles. The number of hydrogen-bond acceptors (Lipinski definition) is 3. The lowest BCUT2D eigenvalue weighted by atomic mass is 10.1. The molecule has 120 valence electrons. The van der Waals surface area contributed by atoms with Crippen LogP contribution < -0.4 is 5.32 Å². The van der Waals surface area contributed by atoms with E-state index in [9.17, 15) is 0 Å². The average Bonchev–Trinajstić information content (AvgIpc) is 2.81. The Hall–Kier alpha value is -0.870. The molecule has 0 spiro atoms. The molecule has 1 aliphatic rings. The predicted molar refractivity (Wildman–Crippen MR) is 88.4 cm³/mol. The molecule has 1 atom stereocenters. The van der Waals surface area contributed by atoms with E-state index in [1.807, 2.05) is 0 Å². The van der Waals surface area contributed by atoms with Gasteiger partial charge < -0.3 is 5.32 Å². The summed E-state index contributed by atoms with van der Waals surface area (Å²) >= 11 is 0. The number of hydrogen-bond donors (Lipinski definition) is 1. The van der Waals surface area contributed by atoms with Gasteiger partial charge in [-0.1, -0.05) is 27.2 Å². The lowest BCUT2D eigenvalue weighted by molar-refractivity contribution is 0.250. The van der Waals surface area contributed by atoms with Gasteiger partial charge >= 0.3 is 0 Å². The van der Waals surface area contributed by atoms with Crippen LogP contribution in [-0.4, -0.2) is 40.4 Å². The third kappa shape index (κ3) is 4.82. The van der Waals surface area contributed by atoms with Gasteiger partial charge in [0.25, 0.3) is 0 Å². The van der Waals surface area contributed by atoms with E-state index in [1.165, 1.54) is 31.5 Å². The fourth-order valence-electron chi connectivity index (χ4n) is 3.32. The van der Waals surface area contributed by atoms with Crippen molar-refractivity contribution in [2.75, 3.05) is 19.6 Å². The van der Waals surface area contributed by atoms with Crippen molar-refractivity contribution in [3.63, 3.8) is 0 Å². The summed E-state index contributed by atoms with van der Waals surface area (Å²) in [5, 5.41) is 8.48. The van der Waals surface area contributed by atoms with E-state index in [-0.39, 0.29) is 0 Å². The van der Waals surface area contributed by atoms with Gasteiger partial charge in [-0.15, -0.1) is 0 Å². The maximum Gasteiger partial charge on any atom is 0.0764 e. The Kier molecular flexibility index (Phi) is 6.71. The molecule has 1 aromatic rings. The molecule has 1 aliphatic heterocycles. The van der Waals surface area contributed by atoms with E-state index in [0.717, 1.165) is 32.5 Å². The smallest absolute Gasteiger partial charge is 0.0764 e. The van der Waals surface area contributed by atoms with Gasteiger partial charge in [0.15, 0.2) is 0 Å². The summed E-state index contributed by atoms with van der Waals surface area (Å²) in [5.74, 6) is 0. The highest BCUT2D eigenvalue weighted by Gasteiger charge is 2.18. The molecule has 21 heavy (non-hydrogen) atoms. The quantitative estimate of drug-likeness (QED) is 0.838. The lowest BCUT2D eigenvalue weighted by Gasteiger charge is -2.23. The Morgan fingerprint density at radius 2 is 2.14 bits per heavy atom. The van der Waals surface area contributed by atoms with Crippen molar-refractivity contribution in [1.82, 2.24) is 20.0 Å². The van der Waals surface area contributed by atoms with Crippen LogP contribution >= 0.6 is 0 Å². The summed E-state index contributed by atoms with van der Waals surface area (Å²) in [6.07, 6.45) is 8.25. The van der Waals surface area contributed by atoms with Crippen LogP contribution in [0.2, 0.25) is 0 Å². The minimum atomic E-state index is 0.553. The summed E-state index contributed by atoms with van der Waals surface area (Å²) < 4.78 is 2.16. The highest BCUT2D eigenvalue weighted by molar-refractivity contribution is 5.00. The summed E-state index contributed by atoms with van der Waals surface area (Å²) in [5.41, 5.74) is 1.22. The Balaban J connectivity index is 1.93. The van der Waals surface area contributed by atoms with Crippen molar-refractivity contribution in [3.8, 4) is 0 Å². The summed E-state index contributed by atoms with van der Waals surface area (Å²) in [6.45, 7) is 11.3. The minimum absolute atomic E-state index is 0.553. The molecule has 0 aromatic carbocycles. The van der Waals surface area contributed by atoms with Crippen LogP contribution in [0.3, 0.4) is 0 Å². The number of nitrogens with one attached hydrogen (secondary N) is 1. The summed E-state index contributed by atoms with van der Waals surface area (Å²) in [6, 6.07) is 3.40. The maximum absolute atomic E-state index is 4.80. The molecule has 1 fully saturated rings. The normalized spacial score (nSPS) is 20.9. The number of nitrogens with zero attached hydrogens (tertiary/aromatic N) is 3. The molecule has 2 rings (SSSR count). The van der Waals surface area contributed by atoms with Crippen LogP contribution in [0.4, 0.5) is 0 Å². The molecule has 1 saturated heterocycles. The highest BCUT2D eigenvalue weighted by Crippen LogP contribution is 2.16. The Labute approximate surface area is 129 Å². The summed E-state index contributed by atoms with van der Waals surface area (Å²) in [4.78, 5) is 2.57. The molecule has 0 radical (unpaired) electrons. The Morgan fingerprint density at radius 1 is 1.33 bits per heavy atom. The second-order valence-electron chi connectivity index (χ2n) is 6.29. The van der Waals surface area contributed by atoms with Gasteiger partial charge in [0.05, 0.1) is 11.7 Å². The Morgan fingerprint density at radius 3 is 2.86 bits per heavy atom. The van der Waals surface area contributed by atoms with Crippen LogP contribution in [0, 0.1) is 0 Å². The SMILES string of the molecule is CCCC1CN(Cc2ccn(C(CC)CC)n2)CCCN1. The van der Waals surface area contributed by atoms with Gasteiger partial charge in [-0.25, -0.2) is 0 Å². The molecule has 0 bridgehead atoms. The van der Waals surface area contributed by atoms with E-state index < -0.39 is 0 Å². The zero-order chi connectivity index (χ0) is 15.1. The fourth-order valence-corrected chi connectivity index (χ4v) is 3.32. The monoisotopic (exact) mass is 292 g/mol. The van der Waals surface area contributed by atoms with Crippen LogP contribution in [0.1, 0.15) is 64.6 Å². The predicted octanol–water partition coefficient (Wildman–Crippen LogP) is 3.21. The van der Waals surface area contributed by atoms with E-state index in [0.29, 0.717) is 12.1 Å². The first-order valence-electron chi connectivity index (χ1n) is 8.76. The van der Waals surface area contributed by atoms with Crippen LogP contribution in [0.15, 0.2) is 12.3 Å². The Bertz CT molecular complexity index is 397. The van der Waals surface area contributed by atoms with Crippen LogP contribution in [-0.2, 0) is 6.54 Å². The first-order valence-corrected chi connectivity index (χ1v) is 8.76. The lowest BCUT2D eigenvalue weighted by Crippen LogP contribution is -2.37. The molecule has 4 nitrogen and oxygen atoms in total. The average molecular weight is 292 g/mol. The molecule has 4 heteroatoms. The first-order chi connectivity index (χ1) is 10.3. The second-order valence-corrected chi connectivity index (χ2v) is 6.29. The number of rotatable bonds is 7. The third-order valence-corrected chi connectivity index (χ3v) is 4.57. The molecular weight excluding hydrogens is 260 g/mol. The van der Waals surface area contributed by atoms with Gasteiger partial charge in [-0.2, -0.15) is 5.10 Å². The topological polar surface area (TPSA) is 33.1 Å². The van der Waals surface area contributed by atoms with Gasteiger partial charge in [0.1, 0.15) is 0 Å². The largest absolute Gasteiger partial charge is 0.313 e. The van der Waals surface area contributed by atoms with Crippen molar-refractivity contribution in [1.29, 1.82) is 0 Å². The molecular formula is C17H32N4. The molecule has 1 N–H and O–H groups in total. The second kappa shape index (κ2) is 8.54. The van der Waals surface area contributed by atoms with Crippen molar-refractivity contribution >= 4 is 0 Å². The van der Waals surface area contributed by atoms with Crippen LogP contribution in [0.25, 0.3) is 0 Å². The maximum atomic E-state index is 4.80. The minimum Gasteiger partial charge on any atom is -0.313 e. The zero-order valence-corrected chi connectivity index (χ0v) is 14.0. The summed E-state index contributed by atoms with van der Waals surface area (Å²) in [7, 11) is 0. The van der Waals surface area contributed by atoms with Crippen molar-refractivity contribution in [2.45, 2.75) is 71.5 Å². The van der Waals surface area contributed by atoms with Gasteiger partial charge in [0, 0.05) is 25.3 Å². The zero-order valence-electron chi connectivity index (χ0n) is 14.0. The van der Waals surface area contributed by atoms with Gasteiger partial charge in [0.2, 0.25) is 0 Å². The van der Waals surface area contributed by atoms with E-state index >= 15 is 0 Å². The molecule has 2 heterocycles. The highest BCUT2D eigenvalue weighted by atomic mass is 15.3. The van der Waals surface area contributed by atoms with Crippen molar-refractivity contribution in [2.24, 2.45) is 0 Å². The third-order valence-electron chi connectivity index (χ3n) is 4.57. The fraction of sp³-hybridized carbons (Fsp3) is 0.824. The first kappa shape index (κ1) is 16.5. The van der Waals surface area contributed by atoms with Crippen molar-refractivity contribution in [3.05, 3.63) is 18.0 Å².